The Morgan fingerprint density at radius 1 is 1.67 bits per heavy atom. The lowest BCUT2D eigenvalue weighted by molar-refractivity contribution is 0.0592. The number of hydrogen-bond donors (Lipinski definition) is 0. The molecule has 0 saturated heterocycles. The lowest BCUT2D eigenvalue weighted by atomic mass is 10.5. The average molecular weight is 289 g/mol. The summed E-state index contributed by atoms with van der Waals surface area (Å²) < 4.78 is 6.09. The summed E-state index contributed by atoms with van der Waals surface area (Å²) in [7, 11) is 1.27. The molecule has 7 heteroatoms. The molecule has 0 aliphatic rings. The van der Waals surface area contributed by atoms with Gasteiger partial charge in [-0.15, -0.1) is 11.3 Å². The van der Waals surface area contributed by atoms with Crippen LogP contribution in [0.15, 0.2) is 20.8 Å². The number of halogens is 1. The van der Waals surface area contributed by atoms with E-state index in [-0.39, 0.29) is 11.3 Å². The highest BCUT2D eigenvalue weighted by molar-refractivity contribution is 9.10. The van der Waals surface area contributed by atoms with E-state index < -0.39 is 5.97 Å². The van der Waals surface area contributed by atoms with Crippen molar-refractivity contribution in [2.24, 2.45) is 0 Å². The number of carbonyl (C=O) groups excluding carboxylic acids is 1. The number of methoxy groups -OCH3 is 1. The smallest absolute Gasteiger partial charge is 0.356 e. The molecule has 2 heterocycles. The second-order valence-electron chi connectivity index (χ2n) is 2.64. The maximum atomic E-state index is 11.7. The summed E-state index contributed by atoms with van der Waals surface area (Å²) in [6.45, 7) is 0. The predicted molar refractivity (Wildman–Crippen MR) is 58.4 cm³/mol. The van der Waals surface area contributed by atoms with E-state index in [0.717, 1.165) is 0 Å². The van der Waals surface area contributed by atoms with E-state index in [1.807, 2.05) is 0 Å². The first-order chi connectivity index (χ1) is 7.15. The van der Waals surface area contributed by atoms with Gasteiger partial charge in [0.05, 0.1) is 7.11 Å². The summed E-state index contributed by atoms with van der Waals surface area (Å²) in [5.74, 6) is -0.553. The molecule has 0 bridgehead atoms. The molecular formula is C8H5BrN2O3S. The lowest BCUT2D eigenvalue weighted by Gasteiger charge is -1.98. The third-order valence-electron chi connectivity index (χ3n) is 1.80. The van der Waals surface area contributed by atoms with Crippen molar-refractivity contribution in [3.8, 4) is 0 Å². The van der Waals surface area contributed by atoms with Gasteiger partial charge in [0.25, 0.3) is 5.56 Å². The minimum absolute atomic E-state index is 0.191. The molecule has 2 aromatic rings. The van der Waals surface area contributed by atoms with Crippen molar-refractivity contribution in [3.63, 3.8) is 0 Å². The second-order valence-corrected chi connectivity index (χ2v) is 4.33. The van der Waals surface area contributed by atoms with E-state index in [9.17, 15) is 9.59 Å². The third-order valence-corrected chi connectivity index (χ3v) is 3.18. The first-order valence-electron chi connectivity index (χ1n) is 3.88. The zero-order valence-corrected chi connectivity index (χ0v) is 9.96. The van der Waals surface area contributed by atoms with E-state index in [1.165, 1.54) is 29.0 Å². The van der Waals surface area contributed by atoms with Gasteiger partial charge in [-0.25, -0.2) is 14.2 Å². The Labute approximate surface area is 96.5 Å². The van der Waals surface area contributed by atoms with Gasteiger partial charge in [-0.1, -0.05) is 0 Å². The summed E-state index contributed by atoms with van der Waals surface area (Å²) in [5, 5.41) is 1.54. The number of fused-ring (bicyclic) bond motifs is 1. The van der Waals surface area contributed by atoms with Gasteiger partial charge in [0.15, 0.2) is 4.96 Å². The fourth-order valence-corrected chi connectivity index (χ4v) is 2.22. The Hall–Kier alpha value is -1.21. The van der Waals surface area contributed by atoms with Crippen LogP contribution in [0.3, 0.4) is 0 Å². The third kappa shape index (κ3) is 1.57. The molecule has 0 aliphatic carbocycles. The van der Waals surface area contributed by atoms with Gasteiger partial charge in [-0.05, 0) is 15.9 Å². The maximum absolute atomic E-state index is 11.7. The number of thiazole rings is 1. The molecule has 0 radical (unpaired) electrons. The topological polar surface area (TPSA) is 60.7 Å². The van der Waals surface area contributed by atoms with Gasteiger partial charge in [-0.2, -0.15) is 0 Å². The number of nitrogens with zero attached hydrogens (tertiary/aromatic N) is 2. The molecule has 0 spiro atoms. The van der Waals surface area contributed by atoms with Crippen LogP contribution in [0.2, 0.25) is 0 Å². The second kappa shape index (κ2) is 3.74. The van der Waals surface area contributed by atoms with Crippen LogP contribution in [-0.4, -0.2) is 22.5 Å². The zero-order valence-electron chi connectivity index (χ0n) is 7.56. The predicted octanol–water partition coefficient (Wildman–Crippen LogP) is 1.31. The van der Waals surface area contributed by atoms with Gasteiger partial charge >= 0.3 is 5.97 Å². The monoisotopic (exact) mass is 288 g/mol. The largest absolute Gasteiger partial charge is 0.464 e. The number of rotatable bonds is 1. The summed E-state index contributed by atoms with van der Waals surface area (Å²) >= 11 is 4.27. The molecule has 0 unspecified atom stereocenters. The van der Waals surface area contributed by atoms with Crippen molar-refractivity contribution in [1.29, 1.82) is 0 Å². The fourth-order valence-electron chi connectivity index (χ4n) is 1.12. The fraction of sp³-hybridized carbons (Fsp3) is 0.125. The van der Waals surface area contributed by atoms with Crippen LogP contribution in [0.1, 0.15) is 10.5 Å². The molecule has 0 aliphatic heterocycles. The summed E-state index contributed by atoms with van der Waals surface area (Å²) in [5.41, 5.74) is -0.127. The SMILES string of the molecule is COC(=O)c1csc2ncc(Br)c(=O)n12. The van der Waals surface area contributed by atoms with Crippen molar-refractivity contribution in [2.75, 3.05) is 7.11 Å². The first-order valence-corrected chi connectivity index (χ1v) is 5.55. The van der Waals surface area contributed by atoms with Crippen molar-refractivity contribution in [1.82, 2.24) is 9.38 Å². The maximum Gasteiger partial charge on any atom is 0.356 e. The zero-order chi connectivity index (χ0) is 11.0. The Morgan fingerprint density at radius 3 is 3.07 bits per heavy atom. The van der Waals surface area contributed by atoms with Gasteiger partial charge < -0.3 is 4.74 Å². The van der Waals surface area contributed by atoms with Crippen molar-refractivity contribution in [3.05, 3.63) is 32.1 Å². The van der Waals surface area contributed by atoms with Crippen molar-refractivity contribution in [2.45, 2.75) is 0 Å². The number of ether oxygens (including phenoxy) is 1. The minimum Gasteiger partial charge on any atom is -0.464 e. The Bertz CT molecular complexity index is 589. The standard InChI is InChI=1S/C8H5BrN2O3S/c1-14-7(13)5-3-15-8-10-2-4(9)6(12)11(5)8/h2-3H,1H3. The van der Waals surface area contributed by atoms with Crippen molar-refractivity contribution < 1.29 is 9.53 Å². The molecule has 78 valence electrons. The van der Waals surface area contributed by atoms with E-state index in [0.29, 0.717) is 9.43 Å². The summed E-state index contributed by atoms with van der Waals surface area (Å²) in [6, 6.07) is 0. The number of hydrogen-bond acceptors (Lipinski definition) is 5. The number of aromatic nitrogens is 2. The molecule has 0 aromatic carbocycles. The van der Waals surface area contributed by atoms with Crippen molar-refractivity contribution >= 4 is 38.2 Å². The molecule has 15 heavy (non-hydrogen) atoms. The molecular weight excluding hydrogens is 284 g/mol. The Morgan fingerprint density at radius 2 is 2.40 bits per heavy atom. The highest BCUT2D eigenvalue weighted by Gasteiger charge is 2.15. The van der Waals surface area contributed by atoms with E-state index in [1.54, 1.807) is 5.38 Å². The van der Waals surface area contributed by atoms with Gasteiger partial charge in [0.1, 0.15) is 10.2 Å². The molecule has 0 fully saturated rings. The van der Waals surface area contributed by atoms with Crippen LogP contribution in [0, 0.1) is 0 Å². The molecule has 2 rings (SSSR count). The van der Waals surface area contributed by atoms with Crippen LogP contribution in [-0.2, 0) is 4.74 Å². The van der Waals surface area contributed by atoms with Crippen LogP contribution in [0.4, 0.5) is 0 Å². The van der Waals surface area contributed by atoms with E-state index >= 15 is 0 Å². The Balaban J connectivity index is 2.84. The van der Waals surface area contributed by atoms with Crippen LogP contribution < -0.4 is 5.56 Å². The minimum atomic E-state index is -0.553. The molecule has 0 N–H and O–H groups in total. The van der Waals surface area contributed by atoms with E-state index in [4.69, 9.17) is 0 Å². The van der Waals surface area contributed by atoms with Gasteiger partial charge in [0.2, 0.25) is 0 Å². The molecule has 0 atom stereocenters. The van der Waals surface area contributed by atoms with Gasteiger partial charge in [0, 0.05) is 11.6 Å². The van der Waals surface area contributed by atoms with Gasteiger partial charge in [-0.3, -0.25) is 4.79 Å². The molecule has 0 saturated carbocycles. The highest BCUT2D eigenvalue weighted by atomic mass is 79.9. The summed E-state index contributed by atoms with van der Waals surface area (Å²) in [4.78, 5) is 27.5. The molecule has 0 amide bonds. The molecule has 2 aromatic heterocycles. The number of esters is 1. The van der Waals surface area contributed by atoms with Crippen LogP contribution in [0.25, 0.3) is 4.96 Å². The van der Waals surface area contributed by atoms with Crippen LogP contribution in [0.5, 0.6) is 0 Å². The number of carbonyl (C=O) groups is 1. The van der Waals surface area contributed by atoms with Crippen LogP contribution >= 0.6 is 27.3 Å². The summed E-state index contributed by atoms with van der Waals surface area (Å²) in [6.07, 6.45) is 1.41. The normalized spacial score (nSPS) is 10.5. The quantitative estimate of drug-likeness (QED) is 0.743. The molecule has 5 nitrogen and oxygen atoms in total. The average Bonchev–Trinajstić information content (AvgIpc) is 2.67. The van der Waals surface area contributed by atoms with E-state index in [2.05, 4.69) is 25.7 Å². The highest BCUT2D eigenvalue weighted by Crippen LogP contribution is 2.14. The Kier molecular flexibility index (Phi) is 2.57. The lowest BCUT2D eigenvalue weighted by Crippen LogP contribution is -2.19. The first kappa shape index (κ1) is 10.3.